The van der Waals surface area contributed by atoms with Crippen LogP contribution in [-0.4, -0.2) is 47.6 Å². The van der Waals surface area contributed by atoms with Crippen molar-refractivity contribution in [1.82, 2.24) is 14.9 Å². The number of hydrogen-bond donors (Lipinski definition) is 2. The van der Waals surface area contributed by atoms with Crippen molar-refractivity contribution in [2.45, 2.75) is 18.9 Å². The van der Waals surface area contributed by atoms with Crippen molar-refractivity contribution in [2.24, 2.45) is 7.05 Å². The van der Waals surface area contributed by atoms with Gasteiger partial charge in [0.05, 0.1) is 12.7 Å². The minimum atomic E-state index is -0.370. The second-order valence-corrected chi connectivity index (χ2v) is 3.85. The molecule has 1 unspecified atom stereocenters. The highest BCUT2D eigenvalue weighted by Crippen LogP contribution is 1.94. The number of aliphatic hydroxyl groups excluding tert-OH is 1. The molecule has 0 aliphatic rings. The van der Waals surface area contributed by atoms with Crippen molar-refractivity contribution in [3.05, 3.63) is 18.2 Å². The number of ether oxygens (including phenoxy) is 1. The molecule has 92 valence electrons. The summed E-state index contributed by atoms with van der Waals surface area (Å²) in [4.78, 5) is 4.23. The van der Waals surface area contributed by atoms with Crippen LogP contribution >= 0.6 is 0 Å². The quantitative estimate of drug-likeness (QED) is 0.611. The molecule has 1 heterocycles. The highest BCUT2D eigenvalue weighted by molar-refractivity contribution is 4.91. The first-order valence-corrected chi connectivity index (χ1v) is 5.58. The van der Waals surface area contributed by atoms with Gasteiger partial charge in [0.1, 0.15) is 5.82 Å². The van der Waals surface area contributed by atoms with Crippen LogP contribution in [0.2, 0.25) is 0 Å². The molecule has 16 heavy (non-hydrogen) atoms. The van der Waals surface area contributed by atoms with Crippen LogP contribution < -0.4 is 5.32 Å². The molecule has 1 atom stereocenters. The van der Waals surface area contributed by atoms with E-state index in [1.54, 1.807) is 13.3 Å². The molecule has 0 bridgehead atoms. The van der Waals surface area contributed by atoms with Crippen LogP contribution in [-0.2, 0) is 18.2 Å². The molecule has 0 radical (unpaired) electrons. The molecule has 5 heteroatoms. The molecular weight excluding hydrogens is 206 g/mol. The fourth-order valence-corrected chi connectivity index (χ4v) is 1.51. The summed E-state index contributed by atoms with van der Waals surface area (Å²) in [5, 5.41) is 12.7. The van der Waals surface area contributed by atoms with Crippen molar-refractivity contribution >= 4 is 0 Å². The van der Waals surface area contributed by atoms with E-state index in [0.29, 0.717) is 13.0 Å². The summed E-state index contributed by atoms with van der Waals surface area (Å²) >= 11 is 0. The lowest BCUT2D eigenvalue weighted by atomic mass is 10.2. The smallest absolute Gasteiger partial charge is 0.109 e. The lowest BCUT2D eigenvalue weighted by Gasteiger charge is -2.09. The Morgan fingerprint density at radius 3 is 3.00 bits per heavy atom. The van der Waals surface area contributed by atoms with Crippen molar-refractivity contribution in [3.63, 3.8) is 0 Å². The summed E-state index contributed by atoms with van der Waals surface area (Å²) in [5.41, 5.74) is 0. The summed E-state index contributed by atoms with van der Waals surface area (Å²) in [6.45, 7) is 2.08. The van der Waals surface area contributed by atoms with Crippen molar-refractivity contribution in [3.8, 4) is 0 Å². The van der Waals surface area contributed by atoms with E-state index in [1.165, 1.54) is 0 Å². The Balaban J connectivity index is 2.02. The zero-order valence-corrected chi connectivity index (χ0v) is 10.0. The highest BCUT2D eigenvalue weighted by atomic mass is 16.5. The van der Waals surface area contributed by atoms with Crippen LogP contribution in [0.5, 0.6) is 0 Å². The van der Waals surface area contributed by atoms with Crippen molar-refractivity contribution in [1.29, 1.82) is 0 Å². The van der Waals surface area contributed by atoms with Gasteiger partial charge >= 0.3 is 0 Å². The Morgan fingerprint density at radius 1 is 1.56 bits per heavy atom. The number of aryl methyl sites for hydroxylation is 1. The van der Waals surface area contributed by atoms with Gasteiger partial charge in [-0.2, -0.15) is 0 Å². The molecule has 5 nitrogen and oxygen atoms in total. The average Bonchev–Trinajstić information content (AvgIpc) is 2.64. The largest absolute Gasteiger partial charge is 0.391 e. The maximum absolute atomic E-state index is 9.40. The molecule has 0 saturated carbocycles. The van der Waals surface area contributed by atoms with E-state index < -0.39 is 0 Å². The van der Waals surface area contributed by atoms with E-state index in [2.05, 4.69) is 10.3 Å². The zero-order chi connectivity index (χ0) is 11.8. The van der Waals surface area contributed by atoms with E-state index in [4.69, 9.17) is 4.74 Å². The van der Waals surface area contributed by atoms with E-state index in [9.17, 15) is 5.11 Å². The molecule has 0 amide bonds. The average molecular weight is 227 g/mol. The van der Waals surface area contributed by atoms with Crippen LogP contribution in [0.3, 0.4) is 0 Å². The second-order valence-electron chi connectivity index (χ2n) is 3.85. The van der Waals surface area contributed by atoms with Gasteiger partial charge in [-0.25, -0.2) is 4.98 Å². The van der Waals surface area contributed by atoms with Gasteiger partial charge in [-0.1, -0.05) is 0 Å². The standard InChI is InChI=1S/C11H21N3O2/c1-14-8-7-13-11(14)4-6-12-5-3-10(15)9-16-2/h7-8,10,12,15H,3-6,9H2,1-2H3. The maximum atomic E-state index is 9.40. The molecule has 0 aromatic carbocycles. The van der Waals surface area contributed by atoms with Crippen LogP contribution in [0.15, 0.2) is 12.4 Å². The Hall–Kier alpha value is -0.910. The third-order valence-corrected chi connectivity index (χ3v) is 2.46. The first kappa shape index (κ1) is 13.2. The molecule has 1 aromatic rings. The summed E-state index contributed by atoms with van der Waals surface area (Å²) in [5.74, 6) is 1.07. The number of rotatable bonds is 8. The minimum absolute atomic E-state index is 0.370. The Labute approximate surface area is 96.4 Å². The first-order chi connectivity index (χ1) is 7.74. The number of aliphatic hydroxyl groups is 1. The molecule has 2 N–H and O–H groups in total. The third kappa shape index (κ3) is 4.74. The van der Waals surface area contributed by atoms with Gasteiger partial charge in [-0.15, -0.1) is 0 Å². The topological polar surface area (TPSA) is 59.3 Å². The number of hydrogen-bond acceptors (Lipinski definition) is 4. The summed E-state index contributed by atoms with van der Waals surface area (Å²) in [6.07, 6.45) is 5.00. The minimum Gasteiger partial charge on any atom is -0.391 e. The number of aromatic nitrogens is 2. The van der Waals surface area contributed by atoms with E-state index in [0.717, 1.165) is 25.3 Å². The molecule has 0 aliphatic carbocycles. The first-order valence-electron chi connectivity index (χ1n) is 5.58. The SMILES string of the molecule is COCC(O)CCNCCc1nccn1C. The van der Waals surface area contributed by atoms with E-state index >= 15 is 0 Å². The zero-order valence-electron chi connectivity index (χ0n) is 10.0. The predicted octanol–water partition coefficient (Wildman–Crippen LogP) is -0.0504. The number of nitrogens with one attached hydrogen (secondary N) is 1. The van der Waals surface area contributed by atoms with Gasteiger partial charge in [0.15, 0.2) is 0 Å². The number of methoxy groups -OCH3 is 1. The van der Waals surface area contributed by atoms with Crippen LogP contribution in [0, 0.1) is 0 Å². The van der Waals surface area contributed by atoms with E-state index in [1.807, 2.05) is 17.8 Å². The van der Waals surface area contributed by atoms with E-state index in [-0.39, 0.29) is 6.10 Å². The second kappa shape index (κ2) is 7.38. The summed E-state index contributed by atoms with van der Waals surface area (Å²) < 4.78 is 6.86. The van der Waals surface area contributed by atoms with Crippen LogP contribution in [0.25, 0.3) is 0 Å². The molecular formula is C11H21N3O2. The molecule has 0 fully saturated rings. The summed E-state index contributed by atoms with van der Waals surface area (Å²) in [7, 11) is 3.59. The van der Waals surface area contributed by atoms with Gasteiger partial charge in [-0.3, -0.25) is 0 Å². The molecule has 0 aliphatic heterocycles. The normalized spacial score (nSPS) is 12.9. The van der Waals surface area contributed by atoms with Gasteiger partial charge < -0.3 is 19.7 Å². The van der Waals surface area contributed by atoms with Crippen LogP contribution in [0.1, 0.15) is 12.2 Å². The Kier molecular flexibility index (Phi) is 6.07. The fourth-order valence-electron chi connectivity index (χ4n) is 1.51. The van der Waals surface area contributed by atoms with Gasteiger partial charge in [-0.05, 0) is 13.0 Å². The van der Waals surface area contributed by atoms with Crippen LogP contribution in [0.4, 0.5) is 0 Å². The fraction of sp³-hybridized carbons (Fsp3) is 0.727. The van der Waals surface area contributed by atoms with Crippen molar-refractivity contribution < 1.29 is 9.84 Å². The molecule has 1 aromatic heterocycles. The maximum Gasteiger partial charge on any atom is 0.109 e. The predicted molar refractivity (Wildman–Crippen MR) is 62.3 cm³/mol. The Morgan fingerprint density at radius 2 is 2.38 bits per heavy atom. The molecule has 0 saturated heterocycles. The molecule has 0 spiro atoms. The van der Waals surface area contributed by atoms with Gasteiger partial charge in [0.2, 0.25) is 0 Å². The summed E-state index contributed by atoms with van der Waals surface area (Å²) in [6, 6.07) is 0. The van der Waals surface area contributed by atoms with Gasteiger partial charge in [0.25, 0.3) is 0 Å². The third-order valence-electron chi connectivity index (χ3n) is 2.46. The lowest BCUT2D eigenvalue weighted by Crippen LogP contribution is -2.25. The Bertz CT molecular complexity index is 289. The lowest BCUT2D eigenvalue weighted by molar-refractivity contribution is 0.0595. The highest BCUT2D eigenvalue weighted by Gasteiger charge is 2.02. The number of imidazole rings is 1. The molecule has 1 rings (SSSR count). The van der Waals surface area contributed by atoms with Crippen molar-refractivity contribution in [2.75, 3.05) is 26.8 Å². The van der Waals surface area contributed by atoms with Gasteiger partial charge in [0, 0.05) is 39.5 Å². The number of nitrogens with zero attached hydrogens (tertiary/aromatic N) is 2. The monoisotopic (exact) mass is 227 g/mol.